The molecule has 2 aromatic rings. The number of nitrogens with one attached hydrogen (secondary N) is 2. The average molecular weight is 389 g/mol. The predicted octanol–water partition coefficient (Wildman–Crippen LogP) is 4.47. The highest BCUT2D eigenvalue weighted by Gasteiger charge is 2.16. The third-order valence-corrected chi connectivity index (χ3v) is 4.25. The fraction of sp³-hybridized carbons (Fsp3) is 0.333. The van der Waals surface area contributed by atoms with Crippen LogP contribution in [0.3, 0.4) is 0 Å². The van der Waals surface area contributed by atoms with Gasteiger partial charge in [-0.2, -0.15) is 0 Å². The van der Waals surface area contributed by atoms with Crippen molar-refractivity contribution in [3.8, 4) is 5.75 Å². The molecule has 0 aliphatic rings. The van der Waals surface area contributed by atoms with Gasteiger partial charge in [0.2, 0.25) is 5.91 Å². The molecule has 27 heavy (non-hydrogen) atoms. The van der Waals surface area contributed by atoms with E-state index in [9.17, 15) is 9.59 Å². The first-order valence-corrected chi connectivity index (χ1v) is 9.36. The van der Waals surface area contributed by atoms with Gasteiger partial charge in [0.1, 0.15) is 5.75 Å². The Bertz CT molecular complexity index is 791. The molecule has 1 atom stereocenters. The molecule has 0 aromatic heterocycles. The molecule has 5 nitrogen and oxygen atoms in total. The van der Waals surface area contributed by atoms with E-state index < -0.39 is 6.10 Å². The van der Waals surface area contributed by atoms with Gasteiger partial charge in [0.15, 0.2) is 6.10 Å². The van der Waals surface area contributed by atoms with E-state index in [0.717, 1.165) is 23.2 Å². The summed E-state index contributed by atoms with van der Waals surface area (Å²) in [7, 11) is 0. The average Bonchev–Trinajstić information content (AvgIpc) is 2.64. The molecule has 6 heteroatoms. The molecule has 0 bridgehead atoms. The van der Waals surface area contributed by atoms with Gasteiger partial charge in [-0.15, -0.1) is 0 Å². The summed E-state index contributed by atoms with van der Waals surface area (Å²) in [6.07, 6.45) is 0.641. The van der Waals surface area contributed by atoms with Crippen molar-refractivity contribution >= 4 is 29.1 Å². The van der Waals surface area contributed by atoms with Crippen molar-refractivity contribution in [2.24, 2.45) is 0 Å². The van der Waals surface area contributed by atoms with E-state index in [1.54, 1.807) is 19.1 Å². The van der Waals surface area contributed by atoms with Gasteiger partial charge in [0.05, 0.1) is 5.02 Å². The standard InChI is InChI=1S/C21H25ClN2O3/c1-4-5-20(25)24-17-9-7-16(8-10-17)13-23-21(26)15(3)27-19-12-14(2)6-11-18(19)22/h6-12,15H,4-5,13H2,1-3H3,(H,23,26)(H,24,25). The van der Waals surface area contributed by atoms with E-state index in [4.69, 9.17) is 16.3 Å². The molecular weight excluding hydrogens is 364 g/mol. The topological polar surface area (TPSA) is 67.4 Å². The van der Waals surface area contributed by atoms with E-state index in [2.05, 4.69) is 10.6 Å². The molecule has 1 unspecified atom stereocenters. The summed E-state index contributed by atoms with van der Waals surface area (Å²) < 4.78 is 5.67. The fourth-order valence-electron chi connectivity index (χ4n) is 2.43. The predicted molar refractivity (Wildman–Crippen MR) is 108 cm³/mol. The minimum atomic E-state index is -0.670. The molecule has 0 aliphatic heterocycles. The van der Waals surface area contributed by atoms with Gasteiger partial charge in [0, 0.05) is 18.7 Å². The van der Waals surface area contributed by atoms with Crippen LogP contribution in [0, 0.1) is 6.92 Å². The maximum absolute atomic E-state index is 12.3. The van der Waals surface area contributed by atoms with Crippen molar-refractivity contribution in [2.75, 3.05) is 5.32 Å². The molecule has 2 aromatic carbocycles. The molecule has 0 saturated carbocycles. The monoisotopic (exact) mass is 388 g/mol. The van der Waals surface area contributed by atoms with Crippen molar-refractivity contribution < 1.29 is 14.3 Å². The van der Waals surface area contributed by atoms with Crippen LogP contribution in [0.5, 0.6) is 5.75 Å². The number of halogens is 1. The lowest BCUT2D eigenvalue weighted by Gasteiger charge is -2.16. The molecule has 144 valence electrons. The van der Waals surface area contributed by atoms with Crippen molar-refractivity contribution in [3.63, 3.8) is 0 Å². The van der Waals surface area contributed by atoms with Crippen LogP contribution in [0.25, 0.3) is 0 Å². The van der Waals surface area contributed by atoms with Crippen LogP contribution in [-0.4, -0.2) is 17.9 Å². The molecule has 0 aliphatic carbocycles. The Morgan fingerprint density at radius 2 is 1.85 bits per heavy atom. The Balaban J connectivity index is 1.85. The summed E-state index contributed by atoms with van der Waals surface area (Å²) in [6, 6.07) is 12.8. The lowest BCUT2D eigenvalue weighted by molar-refractivity contribution is -0.127. The van der Waals surface area contributed by atoms with Crippen LogP contribution in [0.15, 0.2) is 42.5 Å². The van der Waals surface area contributed by atoms with E-state index in [1.165, 1.54) is 0 Å². The number of hydrogen-bond acceptors (Lipinski definition) is 3. The third-order valence-electron chi connectivity index (χ3n) is 3.94. The molecule has 0 fully saturated rings. The van der Waals surface area contributed by atoms with Crippen molar-refractivity contribution in [1.29, 1.82) is 0 Å². The van der Waals surface area contributed by atoms with Crippen LogP contribution < -0.4 is 15.4 Å². The lowest BCUT2D eigenvalue weighted by atomic mass is 10.2. The third kappa shape index (κ3) is 6.61. The molecule has 0 spiro atoms. The number of carbonyl (C=O) groups excluding carboxylic acids is 2. The first-order valence-electron chi connectivity index (χ1n) is 8.98. The van der Waals surface area contributed by atoms with E-state index in [1.807, 2.05) is 44.2 Å². The number of anilines is 1. The minimum absolute atomic E-state index is 0.000615. The van der Waals surface area contributed by atoms with Gasteiger partial charge < -0.3 is 15.4 Å². The Morgan fingerprint density at radius 1 is 1.15 bits per heavy atom. The van der Waals surface area contributed by atoms with Crippen LogP contribution in [-0.2, 0) is 16.1 Å². The number of ether oxygens (including phenoxy) is 1. The second-order valence-corrected chi connectivity index (χ2v) is 6.81. The fourth-order valence-corrected chi connectivity index (χ4v) is 2.60. The second-order valence-electron chi connectivity index (χ2n) is 6.41. The van der Waals surface area contributed by atoms with Gasteiger partial charge in [-0.1, -0.05) is 36.7 Å². The van der Waals surface area contributed by atoms with E-state index >= 15 is 0 Å². The number of hydrogen-bond donors (Lipinski definition) is 2. The van der Waals surface area contributed by atoms with Crippen LogP contribution in [0.2, 0.25) is 5.02 Å². The number of amides is 2. The summed E-state index contributed by atoms with van der Waals surface area (Å²) in [6.45, 7) is 5.95. The Labute approximate surface area is 165 Å². The van der Waals surface area contributed by atoms with E-state index in [0.29, 0.717) is 23.7 Å². The summed E-state index contributed by atoms with van der Waals surface area (Å²) in [5.74, 6) is 0.263. The highest BCUT2D eigenvalue weighted by atomic mass is 35.5. The summed E-state index contributed by atoms with van der Waals surface area (Å²) in [5.41, 5.74) is 2.68. The number of aryl methyl sites for hydroxylation is 1. The van der Waals surface area contributed by atoms with Crippen molar-refractivity contribution in [3.05, 3.63) is 58.6 Å². The zero-order valence-corrected chi connectivity index (χ0v) is 16.6. The Morgan fingerprint density at radius 3 is 2.52 bits per heavy atom. The summed E-state index contributed by atoms with van der Waals surface area (Å²) >= 11 is 6.10. The SMILES string of the molecule is CCCC(=O)Nc1ccc(CNC(=O)C(C)Oc2cc(C)ccc2Cl)cc1. The smallest absolute Gasteiger partial charge is 0.261 e. The van der Waals surface area contributed by atoms with Crippen molar-refractivity contribution in [1.82, 2.24) is 5.32 Å². The second kappa shape index (κ2) is 9.97. The first-order chi connectivity index (χ1) is 12.9. The minimum Gasteiger partial charge on any atom is -0.479 e. The van der Waals surface area contributed by atoms with Gasteiger partial charge in [-0.25, -0.2) is 0 Å². The normalized spacial score (nSPS) is 11.6. The summed E-state index contributed by atoms with van der Waals surface area (Å²) in [5, 5.41) is 6.14. The number of rotatable bonds is 8. The lowest BCUT2D eigenvalue weighted by Crippen LogP contribution is -2.35. The zero-order valence-electron chi connectivity index (χ0n) is 15.8. The Kier molecular flexibility index (Phi) is 7.67. The van der Waals surface area contributed by atoms with Gasteiger partial charge in [-0.05, 0) is 55.7 Å². The molecule has 2 amide bonds. The molecule has 0 heterocycles. The van der Waals surface area contributed by atoms with Gasteiger partial charge >= 0.3 is 0 Å². The zero-order chi connectivity index (χ0) is 19.8. The number of carbonyl (C=O) groups is 2. The summed E-state index contributed by atoms with van der Waals surface area (Å²) in [4.78, 5) is 23.9. The molecule has 2 rings (SSSR count). The first kappa shape index (κ1) is 20.8. The van der Waals surface area contributed by atoms with Crippen molar-refractivity contribution in [2.45, 2.75) is 46.3 Å². The number of benzene rings is 2. The van der Waals surface area contributed by atoms with Crippen LogP contribution >= 0.6 is 11.6 Å². The van der Waals surface area contributed by atoms with Gasteiger partial charge in [-0.3, -0.25) is 9.59 Å². The quantitative estimate of drug-likeness (QED) is 0.701. The van der Waals surface area contributed by atoms with Crippen LogP contribution in [0.4, 0.5) is 5.69 Å². The highest BCUT2D eigenvalue weighted by molar-refractivity contribution is 6.32. The largest absolute Gasteiger partial charge is 0.479 e. The molecule has 0 radical (unpaired) electrons. The highest BCUT2D eigenvalue weighted by Crippen LogP contribution is 2.26. The maximum atomic E-state index is 12.3. The molecule has 2 N–H and O–H groups in total. The maximum Gasteiger partial charge on any atom is 0.261 e. The molecule has 0 saturated heterocycles. The van der Waals surface area contributed by atoms with Crippen LogP contribution in [0.1, 0.15) is 37.8 Å². The van der Waals surface area contributed by atoms with Gasteiger partial charge in [0.25, 0.3) is 5.91 Å². The van der Waals surface area contributed by atoms with E-state index in [-0.39, 0.29) is 11.8 Å². The molecular formula is C21H25ClN2O3. The Hall–Kier alpha value is -2.53.